The molecule has 0 saturated carbocycles. The van der Waals surface area contributed by atoms with E-state index in [1.54, 1.807) is 42.5 Å². The second-order valence-electron chi connectivity index (χ2n) is 7.92. The van der Waals surface area contributed by atoms with Crippen LogP contribution in [-0.4, -0.2) is 25.0 Å². The first-order chi connectivity index (χ1) is 17.4. The average molecular weight is 547 g/mol. The first kappa shape index (κ1) is 24.9. The maximum atomic E-state index is 13.2. The number of halogens is 1. The summed E-state index contributed by atoms with van der Waals surface area (Å²) < 4.78 is 12.4. The van der Waals surface area contributed by atoms with Gasteiger partial charge in [-0.1, -0.05) is 58.4 Å². The van der Waals surface area contributed by atoms with Crippen molar-refractivity contribution in [2.24, 2.45) is 0 Å². The van der Waals surface area contributed by atoms with Crippen molar-refractivity contribution in [2.75, 3.05) is 12.0 Å². The molecule has 8 heteroatoms. The Hall–Kier alpha value is -4.17. The van der Waals surface area contributed by atoms with Crippen LogP contribution in [0.2, 0.25) is 0 Å². The Labute approximate surface area is 217 Å². The minimum Gasteiger partial charge on any atom is -0.493 e. The lowest BCUT2D eigenvalue weighted by atomic mass is 10.0. The van der Waals surface area contributed by atoms with Gasteiger partial charge in [-0.15, -0.1) is 6.58 Å². The second kappa shape index (κ2) is 11.0. The Balaban J connectivity index is 1.71. The molecule has 4 rings (SSSR count). The summed E-state index contributed by atoms with van der Waals surface area (Å²) in [5.41, 5.74) is 2.46. The molecule has 7 nitrogen and oxygen atoms in total. The molecule has 4 amide bonds. The van der Waals surface area contributed by atoms with Crippen molar-refractivity contribution in [3.63, 3.8) is 0 Å². The van der Waals surface area contributed by atoms with Crippen LogP contribution >= 0.6 is 15.9 Å². The van der Waals surface area contributed by atoms with E-state index in [-0.39, 0.29) is 5.57 Å². The minimum atomic E-state index is -0.810. The fourth-order valence-corrected chi connectivity index (χ4v) is 4.18. The zero-order chi connectivity index (χ0) is 25.7. The van der Waals surface area contributed by atoms with E-state index in [9.17, 15) is 14.4 Å². The van der Waals surface area contributed by atoms with Gasteiger partial charge in [0.1, 0.15) is 12.2 Å². The third-order valence-corrected chi connectivity index (χ3v) is 5.94. The Bertz CT molecular complexity index is 1370. The molecule has 3 aromatic carbocycles. The highest BCUT2D eigenvalue weighted by Gasteiger charge is 2.37. The van der Waals surface area contributed by atoms with Crippen molar-refractivity contribution in [2.45, 2.75) is 13.0 Å². The number of carbonyl (C=O) groups is 3. The van der Waals surface area contributed by atoms with E-state index in [2.05, 4.69) is 27.8 Å². The van der Waals surface area contributed by atoms with Crippen molar-refractivity contribution in [1.29, 1.82) is 0 Å². The number of anilines is 1. The Kier molecular flexibility index (Phi) is 7.65. The number of methoxy groups -OCH3 is 1. The van der Waals surface area contributed by atoms with E-state index in [1.165, 1.54) is 13.2 Å². The summed E-state index contributed by atoms with van der Waals surface area (Å²) in [4.78, 5) is 39.3. The SMILES string of the molecule is C=CCc1cc(/C=C2\C(=O)NC(=O)N(c3cccc(Br)c3)C2=O)cc(OC)c1OCc1ccccc1. The number of nitrogens with zero attached hydrogens (tertiary/aromatic N) is 1. The molecule has 1 N–H and O–H groups in total. The predicted molar refractivity (Wildman–Crippen MR) is 141 cm³/mol. The van der Waals surface area contributed by atoms with Crippen LogP contribution in [0.15, 0.2) is 89.4 Å². The van der Waals surface area contributed by atoms with Gasteiger partial charge in [-0.05, 0) is 54.0 Å². The third kappa shape index (κ3) is 5.39. The summed E-state index contributed by atoms with van der Waals surface area (Å²) in [7, 11) is 1.52. The van der Waals surface area contributed by atoms with Crippen molar-refractivity contribution >= 4 is 45.5 Å². The first-order valence-electron chi connectivity index (χ1n) is 11.1. The summed E-state index contributed by atoms with van der Waals surface area (Å²) in [6.07, 6.45) is 3.64. The van der Waals surface area contributed by atoms with Gasteiger partial charge in [0, 0.05) is 10.0 Å². The molecular weight excluding hydrogens is 524 g/mol. The van der Waals surface area contributed by atoms with E-state index in [0.29, 0.717) is 40.3 Å². The normalized spacial score (nSPS) is 14.6. The summed E-state index contributed by atoms with van der Waals surface area (Å²) in [5, 5.41) is 2.24. The zero-order valence-electron chi connectivity index (χ0n) is 19.5. The van der Waals surface area contributed by atoms with Gasteiger partial charge < -0.3 is 9.47 Å². The number of benzene rings is 3. The van der Waals surface area contributed by atoms with Crippen LogP contribution in [0.5, 0.6) is 11.5 Å². The number of amides is 4. The van der Waals surface area contributed by atoms with E-state index >= 15 is 0 Å². The number of rotatable bonds is 8. The summed E-state index contributed by atoms with van der Waals surface area (Å²) in [6, 6.07) is 19.1. The van der Waals surface area contributed by atoms with Gasteiger partial charge in [0.15, 0.2) is 11.5 Å². The lowest BCUT2D eigenvalue weighted by Gasteiger charge is -2.26. The van der Waals surface area contributed by atoms with Gasteiger partial charge in [0.25, 0.3) is 11.8 Å². The van der Waals surface area contributed by atoms with Crippen molar-refractivity contribution in [3.05, 3.63) is 106 Å². The standard InChI is InChI=1S/C28H23BrN2O5/c1-3-8-20-13-19(15-24(35-2)25(20)36-17-18-9-5-4-6-10-18)14-23-26(32)30-28(34)31(27(23)33)22-12-7-11-21(29)16-22/h3-7,9-16H,1,8,17H2,2H3,(H,30,32,34)/b23-14+. The lowest BCUT2D eigenvalue weighted by Crippen LogP contribution is -2.54. The van der Waals surface area contributed by atoms with Crippen LogP contribution in [0, 0.1) is 0 Å². The summed E-state index contributed by atoms with van der Waals surface area (Å²) >= 11 is 3.34. The Morgan fingerprint density at radius 3 is 2.50 bits per heavy atom. The molecule has 1 aliphatic rings. The molecule has 1 aliphatic heterocycles. The largest absolute Gasteiger partial charge is 0.493 e. The molecule has 0 aliphatic carbocycles. The highest BCUT2D eigenvalue weighted by molar-refractivity contribution is 9.10. The molecule has 0 bridgehead atoms. The van der Waals surface area contributed by atoms with Gasteiger partial charge in [-0.25, -0.2) is 9.69 Å². The Morgan fingerprint density at radius 1 is 1.03 bits per heavy atom. The summed E-state index contributed by atoms with van der Waals surface area (Å²) in [5.74, 6) is -0.505. The van der Waals surface area contributed by atoms with Crippen molar-refractivity contribution in [3.8, 4) is 11.5 Å². The molecule has 1 saturated heterocycles. The highest BCUT2D eigenvalue weighted by Crippen LogP contribution is 2.35. The molecule has 0 atom stereocenters. The van der Waals surface area contributed by atoms with Gasteiger partial charge in [0.05, 0.1) is 12.8 Å². The predicted octanol–water partition coefficient (Wildman–Crippen LogP) is 5.43. The topological polar surface area (TPSA) is 84.9 Å². The number of imide groups is 2. The van der Waals surface area contributed by atoms with E-state index in [4.69, 9.17) is 9.47 Å². The van der Waals surface area contributed by atoms with Gasteiger partial charge in [-0.3, -0.25) is 14.9 Å². The number of ether oxygens (including phenoxy) is 2. The molecule has 1 heterocycles. The number of hydrogen-bond donors (Lipinski definition) is 1. The number of nitrogens with one attached hydrogen (secondary N) is 1. The molecule has 0 spiro atoms. The second-order valence-corrected chi connectivity index (χ2v) is 8.83. The molecular formula is C28H23BrN2O5. The number of allylic oxidation sites excluding steroid dienone is 1. The third-order valence-electron chi connectivity index (χ3n) is 5.44. The van der Waals surface area contributed by atoms with Crippen LogP contribution in [0.1, 0.15) is 16.7 Å². The van der Waals surface area contributed by atoms with Gasteiger partial charge >= 0.3 is 6.03 Å². The van der Waals surface area contributed by atoms with E-state index in [1.807, 2.05) is 30.3 Å². The fourth-order valence-electron chi connectivity index (χ4n) is 3.79. The lowest BCUT2D eigenvalue weighted by molar-refractivity contribution is -0.122. The van der Waals surface area contributed by atoms with Crippen LogP contribution in [0.4, 0.5) is 10.5 Å². The number of barbiturate groups is 1. The van der Waals surface area contributed by atoms with Gasteiger partial charge in [-0.2, -0.15) is 0 Å². The monoisotopic (exact) mass is 546 g/mol. The Morgan fingerprint density at radius 2 is 1.81 bits per heavy atom. The van der Waals surface area contributed by atoms with Crippen LogP contribution in [0.3, 0.4) is 0 Å². The molecule has 36 heavy (non-hydrogen) atoms. The molecule has 0 aromatic heterocycles. The van der Waals surface area contributed by atoms with Gasteiger partial charge in [0.2, 0.25) is 0 Å². The van der Waals surface area contributed by atoms with E-state index in [0.717, 1.165) is 16.0 Å². The molecule has 0 unspecified atom stereocenters. The molecule has 3 aromatic rings. The number of hydrogen-bond acceptors (Lipinski definition) is 5. The maximum absolute atomic E-state index is 13.2. The fraction of sp³-hybridized carbons (Fsp3) is 0.107. The van der Waals surface area contributed by atoms with Crippen LogP contribution < -0.4 is 19.7 Å². The minimum absolute atomic E-state index is 0.181. The smallest absolute Gasteiger partial charge is 0.335 e. The number of carbonyl (C=O) groups excluding carboxylic acids is 3. The molecule has 1 fully saturated rings. The quantitative estimate of drug-likeness (QED) is 0.231. The highest BCUT2D eigenvalue weighted by atomic mass is 79.9. The van der Waals surface area contributed by atoms with Crippen molar-refractivity contribution < 1.29 is 23.9 Å². The molecule has 0 radical (unpaired) electrons. The van der Waals surface area contributed by atoms with Crippen molar-refractivity contribution in [1.82, 2.24) is 5.32 Å². The average Bonchev–Trinajstić information content (AvgIpc) is 2.86. The number of urea groups is 1. The van der Waals surface area contributed by atoms with E-state index < -0.39 is 17.8 Å². The van der Waals surface area contributed by atoms with Crippen LogP contribution in [-0.2, 0) is 22.6 Å². The first-order valence-corrected chi connectivity index (χ1v) is 11.9. The van der Waals surface area contributed by atoms with Crippen LogP contribution in [0.25, 0.3) is 6.08 Å². The zero-order valence-corrected chi connectivity index (χ0v) is 21.1. The molecule has 182 valence electrons. The maximum Gasteiger partial charge on any atom is 0.335 e. The summed E-state index contributed by atoms with van der Waals surface area (Å²) in [6.45, 7) is 4.16.